The van der Waals surface area contributed by atoms with Crippen molar-refractivity contribution < 1.29 is 4.74 Å². The molecule has 0 spiro atoms. The number of nitrogens with zero attached hydrogens (tertiary/aromatic N) is 1. The van der Waals surface area contributed by atoms with Crippen molar-refractivity contribution >= 4 is 35.0 Å². The molecule has 0 unspecified atom stereocenters. The molecule has 0 atom stereocenters. The highest BCUT2D eigenvalue weighted by atomic mass is 35.5. The van der Waals surface area contributed by atoms with E-state index >= 15 is 0 Å². The van der Waals surface area contributed by atoms with Crippen molar-refractivity contribution in [3.63, 3.8) is 0 Å². The van der Waals surface area contributed by atoms with Crippen LogP contribution < -0.4 is 10.3 Å². The van der Waals surface area contributed by atoms with Gasteiger partial charge in [0, 0.05) is 27.6 Å². The molecule has 1 N–H and O–H groups in total. The van der Waals surface area contributed by atoms with Crippen molar-refractivity contribution in [3.8, 4) is 17.6 Å². The standard InChI is InChI=1S/C22H18Cl2N2O2S/c1-14-20(13-17-18(23)9-4-10-19(17)24)25-22(26-21(14)27)29-11-5-7-15-6-3-8-16(12-15)28-2/h3-4,6,8-10,12H,11,13H2,1-2H3,(H,25,26,27). The minimum Gasteiger partial charge on any atom is -0.497 e. The molecule has 29 heavy (non-hydrogen) atoms. The molecular weight excluding hydrogens is 427 g/mol. The van der Waals surface area contributed by atoms with Gasteiger partial charge in [0.1, 0.15) is 5.75 Å². The Morgan fingerprint density at radius 1 is 1.17 bits per heavy atom. The summed E-state index contributed by atoms with van der Waals surface area (Å²) in [7, 11) is 1.62. The molecule has 0 bridgehead atoms. The van der Waals surface area contributed by atoms with Crippen LogP contribution in [-0.4, -0.2) is 22.8 Å². The fourth-order valence-electron chi connectivity index (χ4n) is 2.61. The lowest BCUT2D eigenvalue weighted by atomic mass is 10.1. The van der Waals surface area contributed by atoms with Crippen LogP contribution in [0.3, 0.4) is 0 Å². The number of nitrogens with one attached hydrogen (secondary N) is 1. The Labute approximate surface area is 183 Å². The van der Waals surface area contributed by atoms with E-state index in [9.17, 15) is 4.79 Å². The average molecular weight is 445 g/mol. The summed E-state index contributed by atoms with van der Waals surface area (Å²) in [4.78, 5) is 19.7. The Morgan fingerprint density at radius 2 is 1.90 bits per heavy atom. The van der Waals surface area contributed by atoms with Crippen LogP contribution in [0.5, 0.6) is 5.75 Å². The van der Waals surface area contributed by atoms with Gasteiger partial charge < -0.3 is 9.72 Å². The number of rotatable bonds is 5. The Kier molecular flexibility index (Phi) is 7.27. The lowest BCUT2D eigenvalue weighted by Gasteiger charge is -2.09. The fraction of sp³-hybridized carbons (Fsp3) is 0.182. The van der Waals surface area contributed by atoms with Crippen LogP contribution in [0, 0.1) is 18.8 Å². The van der Waals surface area contributed by atoms with Gasteiger partial charge >= 0.3 is 0 Å². The smallest absolute Gasteiger partial charge is 0.254 e. The number of methoxy groups -OCH3 is 1. The second-order valence-corrected chi connectivity index (χ2v) is 7.92. The first-order valence-corrected chi connectivity index (χ1v) is 10.5. The first-order valence-electron chi connectivity index (χ1n) is 8.76. The number of benzene rings is 2. The topological polar surface area (TPSA) is 55.0 Å². The molecule has 0 aliphatic heterocycles. The van der Waals surface area contributed by atoms with Crippen molar-refractivity contribution in [3.05, 3.63) is 85.2 Å². The summed E-state index contributed by atoms with van der Waals surface area (Å²) in [5.41, 5.74) is 2.64. The highest BCUT2D eigenvalue weighted by Crippen LogP contribution is 2.27. The highest BCUT2D eigenvalue weighted by molar-refractivity contribution is 7.99. The lowest BCUT2D eigenvalue weighted by molar-refractivity contribution is 0.414. The number of aromatic nitrogens is 2. The predicted molar refractivity (Wildman–Crippen MR) is 119 cm³/mol. The zero-order valence-corrected chi connectivity index (χ0v) is 18.2. The maximum absolute atomic E-state index is 12.3. The summed E-state index contributed by atoms with van der Waals surface area (Å²) >= 11 is 13.9. The number of halogens is 2. The maximum atomic E-state index is 12.3. The number of aromatic amines is 1. The van der Waals surface area contributed by atoms with Gasteiger partial charge in [-0.25, -0.2) is 4.98 Å². The molecule has 7 heteroatoms. The van der Waals surface area contributed by atoms with Crippen molar-refractivity contribution in [1.82, 2.24) is 9.97 Å². The van der Waals surface area contributed by atoms with E-state index in [4.69, 9.17) is 27.9 Å². The normalized spacial score (nSPS) is 10.3. The zero-order chi connectivity index (χ0) is 20.8. The van der Waals surface area contributed by atoms with Gasteiger partial charge in [-0.2, -0.15) is 0 Å². The summed E-state index contributed by atoms with van der Waals surface area (Å²) in [6.07, 6.45) is 0.386. The van der Waals surface area contributed by atoms with Crippen LogP contribution in [-0.2, 0) is 6.42 Å². The number of hydrogen-bond donors (Lipinski definition) is 1. The first kappa shape index (κ1) is 21.3. The molecule has 1 aromatic heterocycles. The predicted octanol–water partition coefficient (Wildman–Crippen LogP) is 5.13. The van der Waals surface area contributed by atoms with Gasteiger partial charge in [0.25, 0.3) is 5.56 Å². The first-order chi connectivity index (χ1) is 14.0. The monoisotopic (exact) mass is 444 g/mol. The fourth-order valence-corrected chi connectivity index (χ4v) is 3.76. The third-order valence-corrected chi connectivity index (χ3v) is 5.68. The Bertz CT molecular complexity index is 1130. The van der Waals surface area contributed by atoms with E-state index in [1.54, 1.807) is 32.2 Å². The number of H-pyrrole nitrogens is 1. The van der Waals surface area contributed by atoms with Crippen LogP contribution >= 0.6 is 35.0 Å². The third-order valence-electron chi connectivity index (χ3n) is 4.22. The molecule has 0 aliphatic carbocycles. The lowest BCUT2D eigenvalue weighted by Crippen LogP contribution is -2.16. The molecule has 3 aromatic rings. The zero-order valence-electron chi connectivity index (χ0n) is 15.9. The van der Waals surface area contributed by atoms with E-state index in [2.05, 4.69) is 21.8 Å². The summed E-state index contributed by atoms with van der Waals surface area (Å²) in [5.74, 6) is 7.40. The average Bonchev–Trinajstić information content (AvgIpc) is 2.71. The van der Waals surface area contributed by atoms with Crippen molar-refractivity contribution in [2.75, 3.05) is 12.9 Å². The SMILES string of the molecule is COc1cccc(C#CCSc2nc(Cc3c(Cl)cccc3Cl)c(C)c(=O)[nH]2)c1. The maximum Gasteiger partial charge on any atom is 0.254 e. The van der Waals surface area contributed by atoms with E-state index in [1.165, 1.54) is 11.8 Å². The number of ether oxygens (including phenoxy) is 1. The van der Waals surface area contributed by atoms with Crippen molar-refractivity contribution in [2.45, 2.75) is 18.5 Å². The summed E-state index contributed by atoms with van der Waals surface area (Å²) in [5, 5.41) is 1.62. The molecule has 148 valence electrons. The van der Waals surface area contributed by atoms with Crippen molar-refractivity contribution in [2.24, 2.45) is 0 Å². The van der Waals surface area contributed by atoms with Crippen LogP contribution in [0.15, 0.2) is 52.4 Å². The van der Waals surface area contributed by atoms with Crippen LogP contribution in [0.4, 0.5) is 0 Å². The minimum absolute atomic E-state index is 0.179. The quantitative estimate of drug-likeness (QED) is 0.336. The molecule has 3 rings (SSSR count). The number of hydrogen-bond acceptors (Lipinski definition) is 4. The van der Waals surface area contributed by atoms with Gasteiger partial charge in [-0.3, -0.25) is 4.79 Å². The van der Waals surface area contributed by atoms with E-state index in [0.29, 0.717) is 38.6 Å². The summed E-state index contributed by atoms with van der Waals surface area (Å²) < 4.78 is 5.19. The highest BCUT2D eigenvalue weighted by Gasteiger charge is 2.13. The van der Waals surface area contributed by atoms with Gasteiger partial charge in [0.05, 0.1) is 18.6 Å². The van der Waals surface area contributed by atoms with Crippen LogP contribution in [0.1, 0.15) is 22.4 Å². The minimum atomic E-state index is -0.179. The largest absolute Gasteiger partial charge is 0.497 e. The van der Waals surface area contributed by atoms with Gasteiger partial charge in [-0.15, -0.1) is 0 Å². The summed E-state index contributed by atoms with van der Waals surface area (Å²) in [6, 6.07) is 12.9. The van der Waals surface area contributed by atoms with Crippen LogP contribution in [0.2, 0.25) is 10.0 Å². The molecule has 0 saturated heterocycles. The molecule has 0 radical (unpaired) electrons. The third kappa shape index (κ3) is 5.57. The van der Waals surface area contributed by atoms with E-state index in [0.717, 1.165) is 16.9 Å². The molecule has 1 heterocycles. The summed E-state index contributed by atoms with van der Waals surface area (Å²) in [6.45, 7) is 1.74. The van der Waals surface area contributed by atoms with Crippen LogP contribution in [0.25, 0.3) is 0 Å². The van der Waals surface area contributed by atoms with E-state index in [-0.39, 0.29) is 5.56 Å². The molecule has 4 nitrogen and oxygen atoms in total. The second kappa shape index (κ2) is 9.89. The van der Waals surface area contributed by atoms with E-state index < -0.39 is 0 Å². The van der Waals surface area contributed by atoms with Gasteiger partial charge in [-0.1, -0.05) is 58.9 Å². The molecule has 0 amide bonds. The Hall–Kier alpha value is -2.39. The Balaban J connectivity index is 1.76. The molecule has 2 aromatic carbocycles. The molecular formula is C22H18Cl2N2O2S. The van der Waals surface area contributed by atoms with Crippen molar-refractivity contribution in [1.29, 1.82) is 0 Å². The van der Waals surface area contributed by atoms with E-state index in [1.807, 2.05) is 24.3 Å². The van der Waals surface area contributed by atoms with Gasteiger partial charge in [0.2, 0.25) is 0 Å². The van der Waals surface area contributed by atoms with Gasteiger partial charge in [-0.05, 0) is 42.8 Å². The molecule has 0 aliphatic rings. The second-order valence-electron chi connectivity index (χ2n) is 6.14. The molecule has 0 saturated carbocycles. The van der Waals surface area contributed by atoms with Gasteiger partial charge in [0.15, 0.2) is 5.16 Å². The molecule has 0 fully saturated rings. The Morgan fingerprint density at radius 3 is 2.62 bits per heavy atom. The number of thioether (sulfide) groups is 1.